The lowest BCUT2D eigenvalue weighted by atomic mass is 9.96. The van der Waals surface area contributed by atoms with E-state index in [4.69, 9.17) is 0 Å². The largest absolute Gasteiger partial charge is 0.433 e. The number of benzene rings is 1. The molecule has 1 saturated carbocycles. The topological polar surface area (TPSA) is 79.8 Å². The summed E-state index contributed by atoms with van der Waals surface area (Å²) in [4.78, 5) is 27.7. The number of oxime groups is 1. The highest BCUT2D eigenvalue weighted by molar-refractivity contribution is 6.31. The monoisotopic (exact) mass is 303 g/mol. The Kier molecular flexibility index (Phi) is 5.94. The molecule has 0 radical (unpaired) electrons. The van der Waals surface area contributed by atoms with Gasteiger partial charge in [-0.2, -0.15) is 0 Å². The normalized spacial score (nSPS) is 15.5. The zero-order valence-corrected chi connectivity index (χ0v) is 12.7. The third-order valence-corrected chi connectivity index (χ3v) is 3.55. The number of nitrogens with zero attached hydrogens (tertiary/aromatic N) is 1. The smallest absolute Gasteiger partial charge is 0.321 e. The molecule has 1 aliphatic rings. The van der Waals surface area contributed by atoms with Crippen LogP contribution in [0, 0.1) is 6.92 Å². The molecule has 0 spiro atoms. The number of hydrogen-bond acceptors (Lipinski definition) is 4. The Labute approximate surface area is 129 Å². The van der Waals surface area contributed by atoms with Crippen LogP contribution in [0.3, 0.4) is 0 Å². The SMILES string of the molecule is Cc1ccc(NC(=O)/C=N\OC(=O)NC2CCCCC2)cc1. The number of amides is 2. The van der Waals surface area contributed by atoms with Crippen molar-refractivity contribution >= 4 is 23.9 Å². The summed E-state index contributed by atoms with van der Waals surface area (Å²) in [5.74, 6) is -0.450. The average molecular weight is 303 g/mol. The van der Waals surface area contributed by atoms with E-state index in [0.717, 1.165) is 37.5 Å². The van der Waals surface area contributed by atoms with Gasteiger partial charge in [-0.05, 0) is 31.9 Å². The van der Waals surface area contributed by atoms with Gasteiger partial charge >= 0.3 is 6.09 Å². The van der Waals surface area contributed by atoms with Gasteiger partial charge < -0.3 is 10.6 Å². The predicted octanol–water partition coefficient (Wildman–Crippen LogP) is 2.98. The number of aryl methyl sites for hydroxylation is 1. The van der Waals surface area contributed by atoms with Crippen molar-refractivity contribution < 1.29 is 14.4 Å². The molecule has 0 unspecified atom stereocenters. The quantitative estimate of drug-likeness (QED) is 0.510. The van der Waals surface area contributed by atoms with Gasteiger partial charge in [0, 0.05) is 11.7 Å². The number of carbonyl (C=O) groups excluding carboxylic acids is 2. The first-order valence-electron chi connectivity index (χ1n) is 7.52. The fourth-order valence-electron chi connectivity index (χ4n) is 2.37. The van der Waals surface area contributed by atoms with Gasteiger partial charge in [0.2, 0.25) is 0 Å². The van der Waals surface area contributed by atoms with Crippen LogP contribution >= 0.6 is 0 Å². The molecule has 1 fully saturated rings. The lowest BCUT2D eigenvalue weighted by Gasteiger charge is -2.21. The Morgan fingerprint density at radius 3 is 2.55 bits per heavy atom. The molecule has 2 rings (SSSR count). The molecule has 118 valence electrons. The fraction of sp³-hybridized carbons (Fsp3) is 0.438. The third kappa shape index (κ3) is 5.55. The van der Waals surface area contributed by atoms with Crippen LogP contribution < -0.4 is 10.6 Å². The maximum absolute atomic E-state index is 11.6. The van der Waals surface area contributed by atoms with Crippen LogP contribution in [0.4, 0.5) is 10.5 Å². The van der Waals surface area contributed by atoms with Crippen LogP contribution in [0.25, 0.3) is 0 Å². The summed E-state index contributed by atoms with van der Waals surface area (Å²) < 4.78 is 0. The van der Waals surface area contributed by atoms with Crippen molar-refractivity contribution in [3.05, 3.63) is 29.8 Å². The summed E-state index contributed by atoms with van der Waals surface area (Å²) in [6.07, 6.45) is 5.70. The Morgan fingerprint density at radius 1 is 1.18 bits per heavy atom. The average Bonchev–Trinajstić information content (AvgIpc) is 2.50. The third-order valence-electron chi connectivity index (χ3n) is 3.55. The second-order valence-corrected chi connectivity index (χ2v) is 5.45. The molecular formula is C16H21N3O3. The molecule has 2 N–H and O–H groups in total. The Bertz CT molecular complexity index is 534. The first kappa shape index (κ1) is 16.0. The van der Waals surface area contributed by atoms with Crippen LogP contribution in [0.15, 0.2) is 29.4 Å². The van der Waals surface area contributed by atoms with E-state index in [0.29, 0.717) is 5.69 Å². The van der Waals surface area contributed by atoms with E-state index in [-0.39, 0.29) is 6.04 Å². The van der Waals surface area contributed by atoms with E-state index in [9.17, 15) is 9.59 Å². The van der Waals surface area contributed by atoms with Gasteiger partial charge in [0.1, 0.15) is 6.21 Å². The number of hydrogen-bond donors (Lipinski definition) is 2. The number of anilines is 1. The second kappa shape index (κ2) is 8.17. The molecule has 1 aromatic rings. The molecule has 2 amide bonds. The van der Waals surface area contributed by atoms with Gasteiger partial charge in [0.15, 0.2) is 0 Å². The van der Waals surface area contributed by atoms with Crippen molar-refractivity contribution in [1.82, 2.24) is 5.32 Å². The van der Waals surface area contributed by atoms with Crippen molar-refractivity contribution in [2.75, 3.05) is 5.32 Å². The molecule has 0 bridgehead atoms. The predicted molar refractivity (Wildman–Crippen MR) is 84.8 cm³/mol. The molecule has 1 aliphatic carbocycles. The molecule has 0 heterocycles. The molecule has 0 saturated heterocycles. The molecule has 6 nitrogen and oxygen atoms in total. The minimum Gasteiger partial charge on any atom is -0.321 e. The van der Waals surface area contributed by atoms with Gasteiger partial charge in [0.25, 0.3) is 5.91 Å². The Morgan fingerprint density at radius 2 is 1.86 bits per heavy atom. The van der Waals surface area contributed by atoms with Crippen LogP contribution in [0.1, 0.15) is 37.7 Å². The minimum absolute atomic E-state index is 0.151. The van der Waals surface area contributed by atoms with Crippen molar-refractivity contribution in [2.24, 2.45) is 5.16 Å². The number of rotatable bonds is 4. The van der Waals surface area contributed by atoms with Gasteiger partial charge in [-0.25, -0.2) is 4.79 Å². The van der Waals surface area contributed by atoms with Gasteiger partial charge in [-0.15, -0.1) is 0 Å². The van der Waals surface area contributed by atoms with Crippen LogP contribution in [0.5, 0.6) is 0 Å². The van der Waals surface area contributed by atoms with E-state index in [1.54, 1.807) is 12.1 Å². The molecule has 22 heavy (non-hydrogen) atoms. The first-order valence-corrected chi connectivity index (χ1v) is 7.52. The van der Waals surface area contributed by atoms with Crippen molar-refractivity contribution in [3.63, 3.8) is 0 Å². The van der Waals surface area contributed by atoms with Crippen LogP contribution in [-0.2, 0) is 9.63 Å². The lowest BCUT2D eigenvalue weighted by molar-refractivity contribution is -0.110. The number of carbonyl (C=O) groups is 2. The summed E-state index contributed by atoms with van der Waals surface area (Å²) in [5.41, 5.74) is 1.77. The highest BCUT2D eigenvalue weighted by Gasteiger charge is 2.16. The Hall–Kier alpha value is -2.37. The Balaban J connectivity index is 1.70. The summed E-state index contributed by atoms with van der Waals surface area (Å²) >= 11 is 0. The van der Waals surface area contributed by atoms with Gasteiger partial charge in [-0.1, -0.05) is 42.1 Å². The van der Waals surface area contributed by atoms with Crippen molar-refractivity contribution in [3.8, 4) is 0 Å². The van der Waals surface area contributed by atoms with E-state index in [1.807, 2.05) is 19.1 Å². The maximum Gasteiger partial charge on any atom is 0.433 e. The van der Waals surface area contributed by atoms with Gasteiger partial charge in [0.05, 0.1) is 0 Å². The molecule has 0 aromatic heterocycles. The highest BCUT2D eigenvalue weighted by atomic mass is 16.7. The van der Waals surface area contributed by atoms with E-state index in [1.165, 1.54) is 6.42 Å². The van der Waals surface area contributed by atoms with E-state index in [2.05, 4.69) is 20.6 Å². The van der Waals surface area contributed by atoms with Crippen LogP contribution in [0.2, 0.25) is 0 Å². The lowest BCUT2D eigenvalue weighted by Crippen LogP contribution is -2.35. The summed E-state index contributed by atoms with van der Waals surface area (Å²) in [6, 6.07) is 7.51. The number of nitrogens with one attached hydrogen (secondary N) is 2. The molecule has 0 atom stereocenters. The second-order valence-electron chi connectivity index (χ2n) is 5.45. The minimum atomic E-state index is -0.619. The zero-order valence-electron chi connectivity index (χ0n) is 12.7. The van der Waals surface area contributed by atoms with E-state index < -0.39 is 12.0 Å². The molecule has 0 aliphatic heterocycles. The summed E-state index contributed by atoms with van der Waals surface area (Å²) in [7, 11) is 0. The molecular weight excluding hydrogens is 282 g/mol. The van der Waals surface area contributed by atoms with E-state index >= 15 is 0 Å². The highest BCUT2D eigenvalue weighted by Crippen LogP contribution is 2.17. The standard InChI is InChI=1S/C16H21N3O3/c1-12-7-9-14(10-8-12)18-15(20)11-17-22-16(21)19-13-5-3-2-4-6-13/h7-11,13H,2-6H2,1H3,(H,18,20)(H,19,21)/b17-11-. The first-order chi connectivity index (χ1) is 10.6. The van der Waals surface area contributed by atoms with Gasteiger partial charge in [-0.3, -0.25) is 9.63 Å². The summed E-state index contributed by atoms with van der Waals surface area (Å²) in [5, 5.41) is 8.77. The fourth-order valence-corrected chi connectivity index (χ4v) is 2.37. The molecule has 1 aromatic carbocycles. The van der Waals surface area contributed by atoms with Crippen LogP contribution in [-0.4, -0.2) is 24.3 Å². The maximum atomic E-state index is 11.6. The molecule has 6 heteroatoms. The van der Waals surface area contributed by atoms with Crippen molar-refractivity contribution in [1.29, 1.82) is 0 Å². The van der Waals surface area contributed by atoms with Crippen molar-refractivity contribution in [2.45, 2.75) is 45.1 Å². The zero-order chi connectivity index (χ0) is 15.8. The summed E-state index contributed by atoms with van der Waals surface area (Å²) in [6.45, 7) is 1.96.